The standard InChI is InChI=1S/C17H12N2O2/c20-17(21)15-13(12-6-2-1-3-7-12)9-11-19-16(15)14-8-4-5-10-18-14/h1-11H,(H,20,21). The van der Waals surface area contributed by atoms with Gasteiger partial charge in [-0.3, -0.25) is 9.97 Å². The summed E-state index contributed by atoms with van der Waals surface area (Å²) in [6, 6.07) is 16.5. The van der Waals surface area contributed by atoms with E-state index in [-0.39, 0.29) is 5.56 Å². The molecule has 1 N–H and O–H groups in total. The van der Waals surface area contributed by atoms with Crippen molar-refractivity contribution in [3.8, 4) is 22.5 Å². The van der Waals surface area contributed by atoms with E-state index in [1.165, 1.54) is 0 Å². The summed E-state index contributed by atoms with van der Waals surface area (Å²) in [6.45, 7) is 0. The van der Waals surface area contributed by atoms with Gasteiger partial charge in [-0.05, 0) is 29.3 Å². The van der Waals surface area contributed by atoms with Crippen molar-refractivity contribution < 1.29 is 9.90 Å². The zero-order valence-corrected chi connectivity index (χ0v) is 11.1. The van der Waals surface area contributed by atoms with Crippen molar-refractivity contribution in [2.45, 2.75) is 0 Å². The molecule has 0 bridgehead atoms. The minimum atomic E-state index is -1.01. The first-order valence-electron chi connectivity index (χ1n) is 6.46. The van der Waals surface area contributed by atoms with Crippen LogP contribution in [-0.4, -0.2) is 21.0 Å². The monoisotopic (exact) mass is 276 g/mol. The Kier molecular flexibility index (Phi) is 3.43. The van der Waals surface area contributed by atoms with Gasteiger partial charge in [0.2, 0.25) is 0 Å². The highest BCUT2D eigenvalue weighted by molar-refractivity contribution is 6.01. The van der Waals surface area contributed by atoms with Crippen LogP contribution in [0, 0.1) is 0 Å². The SMILES string of the molecule is O=C(O)c1c(-c2ccccc2)ccnc1-c1ccccn1. The fourth-order valence-electron chi connectivity index (χ4n) is 2.23. The maximum Gasteiger partial charge on any atom is 0.338 e. The molecule has 0 aliphatic heterocycles. The third-order valence-corrected chi connectivity index (χ3v) is 3.16. The molecule has 0 saturated heterocycles. The lowest BCUT2D eigenvalue weighted by molar-refractivity contribution is 0.0698. The molecule has 0 fully saturated rings. The summed E-state index contributed by atoms with van der Waals surface area (Å²) in [5.74, 6) is -1.01. The van der Waals surface area contributed by atoms with E-state index < -0.39 is 5.97 Å². The molecule has 4 heteroatoms. The number of carboxylic acid groups (broad SMARTS) is 1. The lowest BCUT2D eigenvalue weighted by Crippen LogP contribution is -2.05. The highest BCUT2D eigenvalue weighted by Crippen LogP contribution is 2.29. The number of benzene rings is 1. The van der Waals surface area contributed by atoms with Crippen LogP contribution >= 0.6 is 0 Å². The lowest BCUT2D eigenvalue weighted by atomic mass is 9.98. The van der Waals surface area contributed by atoms with Crippen LogP contribution in [0.15, 0.2) is 67.0 Å². The molecule has 1 aromatic carbocycles. The van der Waals surface area contributed by atoms with Crippen molar-refractivity contribution in [1.82, 2.24) is 9.97 Å². The van der Waals surface area contributed by atoms with Crippen LogP contribution in [0.1, 0.15) is 10.4 Å². The highest BCUT2D eigenvalue weighted by atomic mass is 16.4. The molecule has 2 aromatic heterocycles. The molecule has 0 spiro atoms. The minimum absolute atomic E-state index is 0.169. The molecule has 0 atom stereocenters. The maximum absolute atomic E-state index is 11.7. The van der Waals surface area contributed by atoms with Crippen LogP contribution in [0.25, 0.3) is 22.5 Å². The summed E-state index contributed by atoms with van der Waals surface area (Å²) >= 11 is 0. The summed E-state index contributed by atoms with van der Waals surface area (Å²) in [7, 11) is 0. The van der Waals surface area contributed by atoms with E-state index in [1.807, 2.05) is 36.4 Å². The molecule has 0 radical (unpaired) electrons. The van der Waals surface area contributed by atoms with Crippen molar-refractivity contribution in [2.24, 2.45) is 0 Å². The second kappa shape index (κ2) is 5.54. The molecule has 2 heterocycles. The Bertz CT molecular complexity index is 714. The summed E-state index contributed by atoms with van der Waals surface area (Å²) in [5.41, 5.74) is 2.58. The van der Waals surface area contributed by atoms with Gasteiger partial charge in [-0.25, -0.2) is 4.79 Å². The third-order valence-electron chi connectivity index (χ3n) is 3.16. The second-order valence-corrected chi connectivity index (χ2v) is 4.47. The average molecular weight is 276 g/mol. The van der Waals surface area contributed by atoms with Crippen LogP contribution in [0.3, 0.4) is 0 Å². The summed E-state index contributed by atoms with van der Waals surface area (Å²) in [4.78, 5) is 20.1. The van der Waals surface area contributed by atoms with Gasteiger partial charge in [0.05, 0.1) is 11.3 Å². The first-order chi connectivity index (χ1) is 10.3. The maximum atomic E-state index is 11.7. The zero-order valence-electron chi connectivity index (χ0n) is 11.1. The molecule has 0 aliphatic carbocycles. The Morgan fingerprint density at radius 3 is 2.29 bits per heavy atom. The molecule has 0 saturated carbocycles. The molecule has 0 aliphatic rings. The molecule has 4 nitrogen and oxygen atoms in total. The van der Waals surface area contributed by atoms with Gasteiger partial charge in [0.25, 0.3) is 0 Å². The van der Waals surface area contributed by atoms with E-state index in [9.17, 15) is 9.90 Å². The number of carbonyl (C=O) groups is 1. The van der Waals surface area contributed by atoms with Crippen molar-refractivity contribution in [3.05, 3.63) is 72.6 Å². The Labute approximate surface area is 121 Å². The number of aromatic carboxylic acids is 1. The normalized spacial score (nSPS) is 10.3. The number of hydrogen-bond acceptors (Lipinski definition) is 3. The highest BCUT2D eigenvalue weighted by Gasteiger charge is 2.19. The van der Waals surface area contributed by atoms with Crippen LogP contribution in [-0.2, 0) is 0 Å². The predicted octanol–water partition coefficient (Wildman–Crippen LogP) is 3.51. The molecule has 21 heavy (non-hydrogen) atoms. The smallest absolute Gasteiger partial charge is 0.338 e. The van der Waals surface area contributed by atoms with Gasteiger partial charge in [-0.15, -0.1) is 0 Å². The number of aromatic nitrogens is 2. The lowest BCUT2D eigenvalue weighted by Gasteiger charge is -2.10. The summed E-state index contributed by atoms with van der Waals surface area (Å²) in [5, 5.41) is 9.60. The number of hydrogen-bond donors (Lipinski definition) is 1. The Morgan fingerprint density at radius 1 is 0.857 bits per heavy atom. The van der Waals surface area contributed by atoms with Crippen molar-refractivity contribution >= 4 is 5.97 Å². The fourth-order valence-corrected chi connectivity index (χ4v) is 2.23. The molecule has 3 aromatic rings. The van der Waals surface area contributed by atoms with E-state index in [0.29, 0.717) is 17.0 Å². The zero-order chi connectivity index (χ0) is 14.7. The van der Waals surface area contributed by atoms with E-state index in [4.69, 9.17) is 0 Å². The van der Waals surface area contributed by atoms with E-state index in [2.05, 4.69) is 9.97 Å². The van der Waals surface area contributed by atoms with Gasteiger partial charge < -0.3 is 5.11 Å². The topological polar surface area (TPSA) is 63.1 Å². The first-order valence-corrected chi connectivity index (χ1v) is 6.46. The van der Waals surface area contributed by atoms with Crippen molar-refractivity contribution in [3.63, 3.8) is 0 Å². The fraction of sp³-hybridized carbons (Fsp3) is 0. The molecule has 0 unspecified atom stereocenters. The van der Waals surface area contributed by atoms with Gasteiger partial charge in [-0.1, -0.05) is 36.4 Å². The van der Waals surface area contributed by atoms with E-state index >= 15 is 0 Å². The molecular formula is C17H12N2O2. The van der Waals surface area contributed by atoms with Crippen LogP contribution in [0.2, 0.25) is 0 Å². The van der Waals surface area contributed by atoms with E-state index in [1.54, 1.807) is 30.6 Å². The third kappa shape index (κ3) is 2.51. The van der Waals surface area contributed by atoms with Gasteiger partial charge in [0, 0.05) is 12.4 Å². The van der Waals surface area contributed by atoms with Gasteiger partial charge in [0.15, 0.2) is 0 Å². The Morgan fingerprint density at radius 2 is 1.62 bits per heavy atom. The molecular weight excluding hydrogens is 264 g/mol. The summed E-state index contributed by atoms with van der Waals surface area (Å²) < 4.78 is 0. The Hall–Kier alpha value is -3.01. The van der Waals surface area contributed by atoms with Gasteiger partial charge in [0.1, 0.15) is 5.69 Å². The minimum Gasteiger partial charge on any atom is -0.478 e. The quantitative estimate of drug-likeness (QED) is 0.795. The first kappa shape index (κ1) is 13.0. The van der Waals surface area contributed by atoms with Crippen LogP contribution < -0.4 is 0 Å². The van der Waals surface area contributed by atoms with Crippen molar-refractivity contribution in [2.75, 3.05) is 0 Å². The van der Waals surface area contributed by atoms with Crippen LogP contribution in [0.5, 0.6) is 0 Å². The van der Waals surface area contributed by atoms with Gasteiger partial charge in [-0.2, -0.15) is 0 Å². The number of carboxylic acids is 1. The number of rotatable bonds is 3. The molecule has 0 amide bonds. The average Bonchev–Trinajstić information content (AvgIpc) is 2.55. The molecule has 3 rings (SSSR count). The van der Waals surface area contributed by atoms with Gasteiger partial charge >= 0.3 is 5.97 Å². The largest absolute Gasteiger partial charge is 0.478 e. The van der Waals surface area contributed by atoms with E-state index in [0.717, 1.165) is 5.56 Å². The number of nitrogens with zero attached hydrogens (tertiary/aromatic N) is 2. The van der Waals surface area contributed by atoms with Crippen LogP contribution in [0.4, 0.5) is 0 Å². The summed E-state index contributed by atoms with van der Waals surface area (Å²) in [6.07, 6.45) is 3.23. The Balaban J connectivity index is 2.26. The molecule has 102 valence electrons. The van der Waals surface area contributed by atoms with Crippen molar-refractivity contribution in [1.29, 1.82) is 0 Å². The second-order valence-electron chi connectivity index (χ2n) is 4.47. The predicted molar refractivity (Wildman–Crippen MR) is 79.9 cm³/mol. The number of pyridine rings is 2.